The average Bonchev–Trinajstić information content (AvgIpc) is 2.52. The van der Waals surface area contributed by atoms with Crippen LogP contribution in [0.25, 0.3) is 0 Å². The first-order chi connectivity index (χ1) is 10.2. The Morgan fingerprint density at radius 1 is 1.14 bits per heavy atom. The molecule has 1 fully saturated rings. The molecule has 2 heterocycles. The summed E-state index contributed by atoms with van der Waals surface area (Å²) in [5.41, 5.74) is 3.89. The molecule has 0 radical (unpaired) electrons. The van der Waals surface area contributed by atoms with Crippen LogP contribution < -0.4 is 10.2 Å². The Balaban J connectivity index is 1.59. The Morgan fingerprint density at radius 2 is 1.86 bits per heavy atom. The maximum atomic E-state index is 4.09. The Bertz CT molecular complexity index is 592. The zero-order valence-electron chi connectivity index (χ0n) is 12.2. The lowest BCUT2D eigenvalue weighted by atomic mass is 10.0. The smallest absolute Gasteiger partial charge is 0.0397 e. The lowest BCUT2D eigenvalue weighted by molar-refractivity contribution is 0.526. The number of piperidine rings is 1. The van der Waals surface area contributed by atoms with Gasteiger partial charge in [-0.15, -0.1) is 0 Å². The molecule has 0 bridgehead atoms. The second-order valence-electron chi connectivity index (χ2n) is 5.57. The third-order valence-corrected chi connectivity index (χ3v) is 4.74. The molecule has 110 valence electrons. The van der Waals surface area contributed by atoms with Gasteiger partial charge in [-0.2, -0.15) is 0 Å². The number of aryl methyl sites for hydroxylation is 1. The molecule has 21 heavy (non-hydrogen) atoms. The van der Waals surface area contributed by atoms with Gasteiger partial charge in [0, 0.05) is 46.5 Å². The minimum Gasteiger partial charge on any atom is -0.382 e. The van der Waals surface area contributed by atoms with Crippen LogP contribution in [0, 0.1) is 10.5 Å². The third kappa shape index (κ3) is 3.67. The van der Waals surface area contributed by atoms with Crippen molar-refractivity contribution in [3.05, 3.63) is 51.9 Å². The molecule has 0 unspecified atom stereocenters. The van der Waals surface area contributed by atoms with E-state index < -0.39 is 0 Å². The number of hydrogen-bond donors (Lipinski definition) is 1. The van der Waals surface area contributed by atoms with E-state index in [1.807, 2.05) is 12.4 Å². The van der Waals surface area contributed by atoms with Crippen molar-refractivity contribution < 1.29 is 0 Å². The number of aromatic nitrogens is 1. The van der Waals surface area contributed by atoms with Gasteiger partial charge in [-0.1, -0.05) is 0 Å². The van der Waals surface area contributed by atoms with Crippen LogP contribution in [0.5, 0.6) is 0 Å². The van der Waals surface area contributed by atoms with Crippen molar-refractivity contribution in [3.63, 3.8) is 0 Å². The number of rotatable bonds is 3. The van der Waals surface area contributed by atoms with Crippen LogP contribution in [0.2, 0.25) is 0 Å². The van der Waals surface area contributed by atoms with E-state index in [1.165, 1.54) is 33.4 Å². The van der Waals surface area contributed by atoms with Gasteiger partial charge in [-0.3, -0.25) is 4.98 Å². The number of anilines is 2. The van der Waals surface area contributed by atoms with Crippen molar-refractivity contribution in [1.82, 2.24) is 4.98 Å². The SMILES string of the molecule is Cc1cc(I)ccc1NC1CCN(c2ccncc2)CC1. The van der Waals surface area contributed by atoms with Gasteiger partial charge in [-0.05, 0) is 78.3 Å². The molecule has 4 heteroatoms. The zero-order valence-corrected chi connectivity index (χ0v) is 14.4. The van der Waals surface area contributed by atoms with Crippen molar-refractivity contribution in [1.29, 1.82) is 0 Å². The second kappa shape index (κ2) is 6.64. The first kappa shape index (κ1) is 14.6. The standard InChI is InChI=1S/C17H20IN3/c1-13-12-14(18)2-3-17(13)20-15-6-10-21(11-7-15)16-4-8-19-9-5-16/h2-5,8-9,12,15,20H,6-7,10-11H2,1H3. The first-order valence-electron chi connectivity index (χ1n) is 7.40. The number of benzene rings is 1. The topological polar surface area (TPSA) is 28.2 Å². The summed E-state index contributed by atoms with van der Waals surface area (Å²) in [5, 5.41) is 3.71. The third-order valence-electron chi connectivity index (χ3n) is 4.07. The lowest BCUT2D eigenvalue weighted by Crippen LogP contribution is -2.39. The van der Waals surface area contributed by atoms with Gasteiger partial charge in [0.05, 0.1) is 0 Å². The number of hydrogen-bond acceptors (Lipinski definition) is 3. The van der Waals surface area contributed by atoms with Crippen molar-refractivity contribution >= 4 is 34.0 Å². The summed E-state index contributed by atoms with van der Waals surface area (Å²) in [6.45, 7) is 4.38. The summed E-state index contributed by atoms with van der Waals surface area (Å²) in [6, 6.07) is 11.4. The Kier molecular flexibility index (Phi) is 4.63. The quantitative estimate of drug-likeness (QED) is 0.797. The van der Waals surface area contributed by atoms with E-state index in [9.17, 15) is 0 Å². The maximum absolute atomic E-state index is 4.09. The number of nitrogens with one attached hydrogen (secondary N) is 1. The molecule has 0 aliphatic carbocycles. The highest BCUT2D eigenvalue weighted by molar-refractivity contribution is 14.1. The molecule has 1 aromatic carbocycles. The molecule has 1 aromatic heterocycles. The van der Waals surface area contributed by atoms with Crippen LogP contribution in [-0.4, -0.2) is 24.1 Å². The molecular formula is C17H20IN3. The molecule has 3 nitrogen and oxygen atoms in total. The highest BCUT2D eigenvalue weighted by Gasteiger charge is 2.19. The second-order valence-corrected chi connectivity index (χ2v) is 6.82. The summed E-state index contributed by atoms with van der Waals surface area (Å²) >= 11 is 2.36. The highest BCUT2D eigenvalue weighted by Crippen LogP contribution is 2.24. The van der Waals surface area contributed by atoms with Gasteiger partial charge in [0.2, 0.25) is 0 Å². The molecule has 2 aromatic rings. The fraction of sp³-hybridized carbons (Fsp3) is 0.353. The first-order valence-corrected chi connectivity index (χ1v) is 8.48. The molecule has 1 saturated heterocycles. The molecule has 3 rings (SSSR count). The van der Waals surface area contributed by atoms with Crippen LogP contribution in [0.15, 0.2) is 42.7 Å². The molecule has 1 aliphatic rings. The van der Waals surface area contributed by atoms with Crippen LogP contribution >= 0.6 is 22.6 Å². The predicted octanol–water partition coefficient (Wildman–Crippen LogP) is 4.08. The van der Waals surface area contributed by atoms with Crippen LogP contribution in [0.1, 0.15) is 18.4 Å². The van der Waals surface area contributed by atoms with Crippen LogP contribution in [0.3, 0.4) is 0 Å². The summed E-state index contributed by atoms with van der Waals surface area (Å²) < 4.78 is 1.29. The van der Waals surface area contributed by atoms with Crippen molar-refractivity contribution in [2.24, 2.45) is 0 Å². The van der Waals surface area contributed by atoms with Gasteiger partial charge in [0.15, 0.2) is 0 Å². The number of halogens is 1. The van der Waals surface area contributed by atoms with Gasteiger partial charge >= 0.3 is 0 Å². The van der Waals surface area contributed by atoms with Crippen LogP contribution in [-0.2, 0) is 0 Å². The minimum atomic E-state index is 0.571. The summed E-state index contributed by atoms with van der Waals surface area (Å²) in [6.07, 6.45) is 6.09. The summed E-state index contributed by atoms with van der Waals surface area (Å²) in [4.78, 5) is 6.53. The largest absolute Gasteiger partial charge is 0.382 e. The average molecular weight is 393 g/mol. The molecule has 0 spiro atoms. The van der Waals surface area contributed by atoms with Crippen molar-refractivity contribution in [2.45, 2.75) is 25.8 Å². The van der Waals surface area contributed by atoms with E-state index in [4.69, 9.17) is 0 Å². The molecule has 0 saturated carbocycles. The van der Waals surface area contributed by atoms with Gasteiger partial charge < -0.3 is 10.2 Å². The number of pyridine rings is 1. The van der Waals surface area contributed by atoms with E-state index >= 15 is 0 Å². The van der Waals surface area contributed by atoms with E-state index in [2.05, 4.69) is 75.0 Å². The zero-order chi connectivity index (χ0) is 14.7. The monoisotopic (exact) mass is 393 g/mol. The van der Waals surface area contributed by atoms with Gasteiger partial charge in [0.25, 0.3) is 0 Å². The summed E-state index contributed by atoms with van der Waals surface area (Å²) in [7, 11) is 0. The van der Waals surface area contributed by atoms with E-state index in [1.54, 1.807) is 0 Å². The Labute approximate surface area is 139 Å². The normalized spacial score (nSPS) is 16.0. The lowest BCUT2D eigenvalue weighted by Gasteiger charge is -2.34. The minimum absolute atomic E-state index is 0.571. The van der Waals surface area contributed by atoms with E-state index in [0.717, 1.165) is 13.1 Å². The molecule has 1 N–H and O–H groups in total. The Hall–Kier alpha value is -1.30. The molecule has 0 amide bonds. The maximum Gasteiger partial charge on any atom is 0.0397 e. The van der Waals surface area contributed by atoms with Crippen LogP contribution in [0.4, 0.5) is 11.4 Å². The highest BCUT2D eigenvalue weighted by atomic mass is 127. The number of nitrogens with zero attached hydrogens (tertiary/aromatic N) is 2. The summed E-state index contributed by atoms with van der Waals surface area (Å²) in [5.74, 6) is 0. The molecular weight excluding hydrogens is 373 g/mol. The molecule has 1 aliphatic heterocycles. The van der Waals surface area contributed by atoms with E-state index in [0.29, 0.717) is 6.04 Å². The fourth-order valence-corrected chi connectivity index (χ4v) is 3.49. The Morgan fingerprint density at radius 3 is 2.52 bits per heavy atom. The van der Waals surface area contributed by atoms with Gasteiger partial charge in [0.1, 0.15) is 0 Å². The predicted molar refractivity (Wildman–Crippen MR) is 97.0 cm³/mol. The van der Waals surface area contributed by atoms with Crippen molar-refractivity contribution in [3.8, 4) is 0 Å². The molecule has 0 atom stereocenters. The van der Waals surface area contributed by atoms with E-state index in [-0.39, 0.29) is 0 Å². The fourth-order valence-electron chi connectivity index (χ4n) is 2.85. The van der Waals surface area contributed by atoms with Crippen molar-refractivity contribution in [2.75, 3.05) is 23.3 Å². The van der Waals surface area contributed by atoms with Gasteiger partial charge in [-0.25, -0.2) is 0 Å².